The minimum absolute atomic E-state index is 0.160. The molecule has 0 aromatic heterocycles. The molecule has 1 saturated heterocycles. The summed E-state index contributed by atoms with van der Waals surface area (Å²) in [6.45, 7) is 4.63. The molecule has 0 radical (unpaired) electrons. The Kier molecular flexibility index (Phi) is 8.27. The standard InChI is InChI=1S/C20H32N4O6S/c1-14(2)18(21-19(25)15-11-16(29-5)13-17(12-15)30-6)20(26)23-7-9-24(10-8-23)31(27,28)22(3)4/h11-14,18H,7-10H2,1-6H3,(H,21,25). The molecule has 1 aliphatic heterocycles. The molecule has 1 N–H and O–H groups in total. The van der Waals surface area contributed by atoms with E-state index < -0.39 is 22.2 Å². The number of hydrogen-bond acceptors (Lipinski definition) is 6. The first-order chi connectivity index (χ1) is 14.5. The Morgan fingerprint density at radius 2 is 1.52 bits per heavy atom. The lowest BCUT2D eigenvalue weighted by molar-refractivity contribution is -0.135. The summed E-state index contributed by atoms with van der Waals surface area (Å²) in [6, 6.07) is 4.06. The second kappa shape index (κ2) is 10.3. The predicted molar refractivity (Wildman–Crippen MR) is 116 cm³/mol. The summed E-state index contributed by atoms with van der Waals surface area (Å²) in [6.07, 6.45) is 0. The average Bonchev–Trinajstić information content (AvgIpc) is 2.76. The molecular formula is C20H32N4O6S. The maximum absolute atomic E-state index is 13.1. The predicted octanol–water partition coefficient (Wildman–Crippen LogP) is 0.409. The zero-order chi connectivity index (χ0) is 23.3. The molecule has 10 nitrogen and oxygen atoms in total. The molecule has 0 saturated carbocycles. The summed E-state index contributed by atoms with van der Waals surface area (Å²) in [5.74, 6) is 0.121. The second-order valence-electron chi connectivity index (χ2n) is 7.81. The topological polar surface area (TPSA) is 108 Å². The number of nitrogens with zero attached hydrogens (tertiary/aromatic N) is 3. The van der Waals surface area contributed by atoms with Gasteiger partial charge in [0.2, 0.25) is 5.91 Å². The van der Waals surface area contributed by atoms with Crippen LogP contribution in [0.2, 0.25) is 0 Å². The molecule has 11 heteroatoms. The van der Waals surface area contributed by atoms with Crippen molar-refractivity contribution in [1.29, 1.82) is 0 Å². The number of methoxy groups -OCH3 is 2. The summed E-state index contributed by atoms with van der Waals surface area (Å²) in [7, 11) is 2.42. The number of ether oxygens (including phenoxy) is 2. The smallest absolute Gasteiger partial charge is 0.281 e. The Balaban J connectivity index is 2.11. The maximum Gasteiger partial charge on any atom is 0.281 e. The van der Waals surface area contributed by atoms with Gasteiger partial charge in [0.15, 0.2) is 0 Å². The Bertz CT molecular complexity index is 873. The van der Waals surface area contributed by atoms with Gasteiger partial charge in [0.05, 0.1) is 14.2 Å². The minimum atomic E-state index is -3.52. The zero-order valence-corrected chi connectivity index (χ0v) is 19.7. The highest BCUT2D eigenvalue weighted by Crippen LogP contribution is 2.23. The molecule has 1 heterocycles. The van der Waals surface area contributed by atoms with Crippen LogP contribution in [0.25, 0.3) is 0 Å². The van der Waals surface area contributed by atoms with Crippen LogP contribution in [0, 0.1) is 5.92 Å². The molecule has 174 valence electrons. The van der Waals surface area contributed by atoms with Gasteiger partial charge < -0.3 is 19.7 Å². The quantitative estimate of drug-likeness (QED) is 0.607. The SMILES string of the molecule is COc1cc(OC)cc(C(=O)NC(C(=O)N2CCN(S(=O)(=O)N(C)C)CC2)C(C)C)c1. The summed E-state index contributed by atoms with van der Waals surface area (Å²) < 4.78 is 37.5. The number of amides is 2. The van der Waals surface area contributed by atoms with Crippen molar-refractivity contribution in [2.75, 3.05) is 54.5 Å². The summed E-state index contributed by atoms with van der Waals surface area (Å²) >= 11 is 0. The number of rotatable bonds is 8. The third-order valence-electron chi connectivity index (χ3n) is 5.17. The number of piperazine rings is 1. The van der Waals surface area contributed by atoms with Crippen LogP contribution in [0.3, 0.4) is 0 Å². The van der Waals surface area contributed by atoms with Crippen LogP contribution in [0.5, 0.6) is 11.5 Å². The third kappa shape index (κ3) is 5.86. The van der Waals surface area contributed by atoms with Gasteiger partial charge in [-0.25, -0.2) is 0 Å². The molecule has 1 aliphatic rings. The number of nitrogens with one attached hydrogen (secondary N) is 1. The molecule has 1 atom stereocenters. The molecule has 2 rings (SSSR count). The maximum atomic E-state index is 13.1. The lowest BCUT2D eigenvalue weighted by Crippen LogP contribution is -2.58. The van der Waals surface area contributed by atoms with Gasteiger partial charge in [0.25, 0.3) is 16.1 Å². The van der Waals surface area contributed by atoms with Crippen molar-refractivity contribution >= 4 is 22.0 Å². The zero-order valence-electron chi connectivity index (χ0n) is 18.9. The highest BCUT2D eigenvalue weighted by Gasteiger charge is 2.34. The molecule has 1 unspecified atom stereocenters. The van der Waals surface area contributed by atoms with Gasteiger partial charge in [-0.3, -0.25) is 9.59 Å². The first-order valence-electron chi connectivity index (χ1n) is 10.0. The van der Waals surface area contributed by atoms with Gasteiger partial charge >= 0.3 is 0 Å². The van der Waals surface area contributed by atoms with Gasteiger partial charge in [-0.15, -0.1) is 0 Å². The minimum Gasteiger partial charge on any atom is -0.497 e. The van der Waals surface area contributed by atoms with Crippen molar-refractivity contribution in [3.05, 3.63) is 23.8 Å². The van der Waals surface area contributed by atoms with Crippen LogP contribution < -0.4 is 14.8 Å². The molecule has 0 aliphatic carbocycles. The largest absolute Gasteiger partial charge is 0.497 e. The Labute approximate surface area is 184 Å². The second-order valence-corrected chi connectivity index (χ2v) is 9.95. The van der Waals surface area contributed by atoms with E-state index in [2.05, 4.69) is 5.32 Å². The number of carbonyl (C=O) groups excluding carboxylic acids is 2. The Morgan fingerprint density at radius 3 is 1.94 bits per heavy atom. The van der Waals surface area contributed by atoms with Crippen molar-refractivity contribution in [3.63, 3.8) is 0 Å². The van der Waals surface area contributed by atoms with Crippen molar-refractivity contribution < 1.29 is 27.5 Å². The lowest BCUT2D eigenvalue weighted by atomic mass is 10.0. The van der Waals surface area contributed by atoms with E-state index in [1.54, 1.807) is 23.1 Å². The van der Waals surface area contributed by atoms with E-state index in [-0.39, 0.29) is 38.0 Å². The van der Waals surface area contributed by atoms with E-state index in [0.29, 0.717) is 17.1 Å². The molecular weight excluding hydrogens is 424 g/mol. The van der Waals surface area contributed by atoms with Crippen LogP contribution in [0.15, 0.2) is 18.2 Å². The van der Waals surface area contributed by atoms with Crippen molar-refractivity contribution in [1.82, 2.24) is 18.8 Å². The van der Waals surface area contributed by atoms with Crippen LogP contribution >= 0.6 is 0 Å². The van der Waals surface area contributed by atoms with Gasteiger partial charge in [0, 0.05) is 51.9 Å². The van der Waals surface area contributed by atoms with Crippen LogP contribution in [0.1, 0.15) is 24.2 Å². The highest BCUT2D eigenvalue weighted by molar-refractivity contribution is 7.86. The molecule has 2 amide bonds. The fourth-order valence-corrected chi connectivity index (χ4v) is 4.33. The van der Waals surface area contributed by atoms with Crippen LogP contribution in [0.4, 0.5) is 0 Å². The van der Waals surface area contributed by atoms with Gasteiger partial charge in [-0.2, -0.15) is 17.0 Å². The fraction of sp³-hybridized carbons (Fsp3) is 0.600. The monoisotopic (exact) mass is 456 g/mol. The fourth-order valence-electron chi connectivity index (χ4n) is 3.24. The van der Waals surface area contributed by atoms with E-state index in [1.807, 2.05) is 13.8 Å². The lowest BCUT2D eigenvalue weighted by Gasteiger charge is -2.37. The van der Waals surface area contributed by atoms with Gasteiger partial charge in [0.1, 0.15) is 17.5 Å². The molecule has 1 fully saturated rings. The Morgan fingerprint density at radius 1 is 1.00 bits per heavy atom. The number of benzene rings is 1. The van der Waals surface area contributed by atoms with E-state index in [1.165, 1.54) is 32.6 Å². The molecule has 1 aromatic rings. The van der Waals surface area contributed by atoms with Gasteiger partial charge in [-0.05, 0) is 18.1 Å². The van der Waals surface area contributed by atoms with Crippen molar-refractivity contribution in [2.24, 2.45) is 5.92 Å². The first kappa shape index (κ1) is 24.9. The third-order valence-corrected chi connectivity index (χ3v) is 7.11. The molecule has 31 heavy (non-hydrogen) atoms. The van der Waals surface area contributed by atoms with Crippen molar-refractivity contribution in [2.45, 2.75) is 19.9 Å². The number of hydrogen-bond donors (Lipinski definition) is 1. The van der Waals surface area contributed by atoms with E-state index in [0.717, 1.165) is 4.31 Å². The molecule has 0 bridgehead atoms. The normalized spacial score (nSPS) is 16.3. The average molecular weight is 457 g/mol. The van der Waals surface area contributed by atoms with E-state index in [9.17, 15) is 18.0 Å². The Hall–Kier alpha value is -2.37. The molecule has 0 spiro atoms. The summed E-state index contributed by atoms with van der Waals surface area (Å²) in [4.78, 5) is 27.6. The summed E-state index contributed by atoms with van der Waals surface area (Å²) in [5, 5.41) is 2.81. The number of carbonyl (C=O) groups is 2. The van der Waals surface area contributed by atoms with Crippen molar-refractivity contribution in [3.8, 4) is 11.5 Å². The highest BCUT2D eigenvalue weighted by atomic mass is 32.2. The molecule has 1 aromatic carbocycles. The summed E-state index contributed by atoms with van der Waals surface area (Å²) in [5.41, 5.74) is 0.316. The van der Waals surface area contributed by atoms with Gasteiger partial charge in [-0.1, -0.05) is 13.8 Å². The first-order valence-corrected chi connectivity index (χ1v) is 11.4. The van der Waals surface area contributed by atoms with Crippen LogP contribution in [-0.2, 0) is 15.0 Å². The van der Waals surface area contributed by atoms with E-state index >= 15 is 0 Å². The van der Waals surface area contributed by atoms with Crippen LogP contribution in [-0.4, -0.2) is 94.3 Å². The van der Waals surface area contributed by atoms with E-state index in [4.69, 9.17) is 9.47 Å².